The van der Waals surface area contributed by atoms with Gasteiger partial charge in [-0.3, -0.25) is 24.3 Å². The Labute approximate surface area is 307 Å². The maximum absolute atomic E-state index is 13.7. The smallest absolute Gasteiger partial charge is 0.372 e. The number of alkyl halides is 3. The molecule has 0 saturated carbocycles. The van der Waals surface area contributed by atoms with Gasteiger partial charge in [0.15, 0.2) is 0 Å². The first kappa shape index (κ1) is 37.5. The van der Waals surface area contributed by atoms with Crippen molar-refractivity contribution in [3.8, 4) is 11.3 Å². The number of rotatable bonds is 11. The van der Waals surface area contributed by atoms with Crippen molar-refractivity contribution >= 4 is 29.1 Å². The van der Waals surface area contributed by atoms with Crippen LogP contribution in [0.25, 0.3) is 11.3 Å². The summed E-state index contributed by atoms with van der Waals surface area (Å²) in [5, 5.41) is 9.04. The monoisotopic (exact) mass is 727 g/mol. The maximum Gasteiger partial charge on any atom is 0.416 e. The van der Waals surface area contributed by atoms with Crippen molar-refractivity contribution in [3.63, 3.8) is 0 Å². The van der Waals surface area contributed by atoms with Crippen LogP contribution in [0.2, 0.25) is 0 Å². The summed E-state index contributed by atoms with van der Waals surface area (Å²) in [6.07, 6.45) is 0.282. The molecular weight excluding hydrogens is 683 g/mol. The molecule has 0 unspecified atom stereocenters. The molecular formula is C40H44F3N7O3. The Morgan fingerprint density at radius 3 is 2.34 bits per heavy atom. The lowest BCUT2D eigenvalue weighted by atomic mass is 10.0. The van der Waals surface area contributed by atoms with Crippen LogP contribution in [-0.2, 0) is 12.7 Å². The minimum Gasteiger partial charge on any atom is -0.372 e. The highest BCUT2D eigenvalue weighted by atomic mass is 19.4. The zero-order chi connectivity index (χ0) is 37.4. The van der Waals surface area contributed by atoms with E-state index in [0.717, 1.165) is 82.9 Å². The Bertz CT molecular complexity index is 1920. The molecule has 0 atom stereocenters. The number of piperazine rings is 1. The van der Waals surface area contributed by atoms with Gasteiger partial charge in [-0.2, -0.15) is 13.2 Å². The van der Waals surface area contributed by atoms with E-state index in [2.05, 4.69) is 30.7 Å². The van der Waals surface area contributed by atoms with Crippen LogP contribution in [-0.4, -0.2) is 91.9 Å². The second kappa shape index (κ2) is 17.0. The average Bonchev–Trinajstić information content (AvgIpc) is 3.19. The molecule has 3 aromatic carbocycles. The van der Waals surface area contributed by atoms with Crippen molar-refractivity contribution < 1.29 is 27.6 Å². The number of piperidine rings is 1. The van der Waals surface area contributed by atoms with Gasteiger partial charge in [0.25, 0.3) is 17.7 Å². The van der Waals surface area contributed by atoms with Gasteiger partial charge in [0.2, 0.25) is 0 Å². The minimum absolute atomic E-state index is 0.0975. The van der Waals surface area contributed by atoms with Gasteiger partial charge in [0, 0.05) is 100 Å². The number of carbonyl (C=O) groups is 3. The molecule has 53 heavy (non-hydrogen) atoms. The van der Waals surface area contributed by atoms with Gasteiger partial charge in [0.1, 0.15) is 0 Å². The SMILES string of the molecule is CN(CCN1CCNCC1)C(=O)c1cccc(C(=O)Nc2ccc(N3CCCCC3)cc2-c2cc(C(=O)NCc3cccc(C(F)(F)F)c3)ccn2)c1. The Hall–Kier alpha value is -5.27. The van der Waals surface area contributed by atoms with Gasteiger partial charge in [0.05, 0.1) is 16.9 Å². The molecule has 1 aromatic heterocycles. The second-order valence-corrected chi connectivity index (χ2v) is 13.4. The molecule has 3 N–H and O–H groups in total. The van der Waals surface area contributed by atoms with E-state index in [-0.39, 0.29) is 18.0 Å². The number of hydrogen-bond acceptors (Lipinski definition) is 7. The van der Waals surface area contributed by atoms with Crippen LogP contribution in [0.4, 0.5) is 24.5 Å². The number of hydrogen-bond donors (Lipinski definition) is 3. The molecule has 10 nitrogen and oxygen atoms in total. The van der Waals surface area contributed by atoms with Crippen LogP contribution in [0.5, 0.6) is 0 Å². The molecule has 3 amide bonds. The fraction of sp³-hybridized carbons (Fsp3) is 0.350. The van der Waals surface area contributed by atoms with Gasteiger partial charge in [-0.05, 0) is 85.5 Å². The molecule has 3 heterocycles. The summed E-state index contributed by atoms with van der Waals surface area (Å²) in [5.41, 5.74) is 2.95. The normalized spacial score (nSPS) is 15.1. The molecule has 6 rings (SSSR count). The fourth-order valence-corrected chi connectivity index (χ4v) is 6.60. The van der Waals surface area contributed by atoms with Gasteiger partial charge in [-0.25, -0.2) is 0 Å². The van der Waals surface area contributed by atoms with E-state index in [4.69, 9.17) is 0 Å². The van der Waals surface area contributed by atoms with Crippen molar-refractivity contribution in [1.29, 1.82) is 0 Å². The lowest BCUT2D eigenvalue weighted by Crippen LogP contribution is -2.46. The molecule has 2 aliphatic heterocycles. The first-order valence-corrected chi connectivity index (χ1v) is 17.9. The summed E-state index contributed by atoms with van der Waals surface area (Å²) in [4.78, 5) is 51.1. The number of carbonyl (C=O) groups excluding carboxylic acids is 3. The highest BCUT2D eigenvalue weighted by molar-refractivity contribution is 6.08. The van der Waals surface area contributed by atoms with Gasteiger partial charge in [-0.1, -0.05) is 18.2 Å². The predicted molar refractivity (Wildman–Crippen MR) is 199 cm³/mol. The van der Waals surface area contributed by atoms with E-state index in [0.29, 0.717) is 40.2 Å². The van der Waals surface area contributed by atoms with E-state index in [9.17, 15) is 27.6 Å². The number of aromatic nitrogens is 1. The third-order valence-corrected chi connectivity index (χ3v) is 9.66. The number of pyridine rings is 1. The van der Waals surface area contributed by atoms with Crippen molar-refractivity contribution in [1.82, 2.24) is 25.4 Å². The van der Waals surface area contributed by atoms with E-state index >= 15 is 0 Å². The number of nitrogens with one attached hydrogen (secondary N) is 3. The van der Waals surface area contributed by atoms with Crippen LogP contribution in [0, 0.1) is 0 Å². The largest absolute Gasteiger partial charge is 0.416 e. The molecule has 13 heteroatoms. The fourth-order valence-electron chi connectivity index (χ4n) is 6.60. The Kier molecular flexibility index (Phi) is 12.1. The summed E-state index contributed by atoms with van der Waals surface area (Å²) >= 11 is 0. The number of benzene rings is 3. The highest BCUT2D eigenvalue weighted by Crippen LogP contribution is 2.33. The van der Waals surface area contributed by atoms with Crippen LogP contribution in [0.1, 0.15) is 61.5 Å². The Morgan fingerprint density at radius 1 is 0.830 bits per heavy atom. The van der Waals surface area contributed by atoms with Crippen LogP contribution >= 0.6 is 0 Å². The van der Waals surface area contributed by atoms with E-state index in [1.54, 1.807) is 42.3 Å². The maximum atomic E-state index is 13.7. The highest BCUT2D eigenvalue weighted by Gasteiger charge is 2.30. The zero-order valence-electron chi connectivity index (χ0n) is 29.7. The summed E-state index contributed by atoms with van der Waals surface area (Å²) in [5.74, 6) is -1.07. The molecule has 2 saturated heterocycles. The first-order chi connectivity index (χ1) is 25.5. The number of amides is 3. The zero-order valence-corrected chi connectivity index (χ0v) is 29.7. The standard InChI is InChI=1S/C40H44F3N7O3/c1-48(21-22-49-19-15-44-16-20-49)39(53)31-9-6-8-29(24-31)38(52)47-35-12-11-33(50-17-3-2-4-18-50)26-34(35)36-25-30(13-14-45-36)37(51)46-27-28-7-5-10-32(23-28)40(41,42)43/h5-14,23-26,44H,2-4,15-22,27H2,1H3,(H,46,51)(H,47,52). The number of halogens is 3. The van der Waals surface area contributed by atoms with Gasteiger partial charge in [-0.15, -0.1) is 0 Å². The second-order valence-electron chi connectivity index (χ2n) is 13.4. The summed E-state index contributed by atoms with van der Waals surface area (Å²) in [6, 6.07) is 20.3. The predicted octanol–water partition coefficient (Wildman–Crippen LogP) is 5.92. The molecule has 2 fully saturated rings. The topological polar surface area (TPSA) is 110 Å². The summed E-state index contributed by atoms with van der Waals surface area (Å²) in [6.45, 7) is 6.76. The van der Waals surface area contributed by atoms with Crippen LogP contribution in [0.3, 0.4) is 0 Å². The molecule has 4 aromatic rings. The first-order valence-electron chi connectivity index (χ1n) is 17.9. The number of likely N-dealkylation sites (N-methyl/N-ethyl adjacent to an activating group) is 1. The molecule has 2 aliphatic rings. The van der Waals surface area contributed by atoms with Gasteiger partial charge < -0.3 is 25.8 Å². The molecule has 0 radical (unpaired) electrons. The summed E-state index contributed by atoms with van der Waals surface area (Å²) < 4.78 is 39.6. The third-order valence-electron chi connectivity index (χ3n) is 9.66. The molecule has 0 spiro atoms. The number of anilines is 2. The van der Waals surface area contributed by atoms with Crippen molar-refractivity contribution in [2.24, 2.45) is 0 Å². The van der Waals surface area contributed by atoms with Crippen LogP contribution < -0.4 is 20.9 Å². The molecule has 0 aliphatic carbocycles. The van der Waals surface area contributed by atoms with Crippen molar-refractivity contribution in [2.45, 2.75) is 32.0 Å². The lowest BCUT2D eigenvalue weighted by molar-refractivity contribution is -0.137. The Balaban J connectivity index is 1.20. The van der Waals surface area contributed by atoms with Crippen molar-refractivity contribution in [2.75, 3.05) is 69.6 Å². The third kappa shape index (κ3) is 9.79. The molecule has 0 bridgehead atoms. The van der Waals surface area contributed by atoms with E-state index in [1.165, 1.54) is 24.4 Å². The Morgan fingerprint density at radius 2 is 1.57 bits per heavy atom. The van der Waals surface area contributed by atoms with Crippen LogP contribution in [0.15, 0.2) is 85.1 Å². The van der Waals surface area contributed by atoms with Gasteiger partial charge >= 0.3 is 6.18 Å². The lowest BCUT2D eigenvalue weighted by Gasteiger charge is -2.29. The van der Waals surface area contributed by atoms with E-state index < -0.39 is 23.6 Å². The number of nitrogens with zero attached hydrogens (tertiary/aromatic N) is 4. The molecule has 278 valence electrons. The minimum atomic E-state index is -4.49. The van der Waals surface area contributed by atoms with E-state index in [1.807, 2.05) is 18.2 Å². The van der Waals surface area contributed by atoms with Crippen molar-refractivity contribution in [3.05, 3.63) is 113 Å². The average molecular weight is 728 g/mol. The quantitative estimate of drug-likeness (QED) is 0.176. The summed E-state index contributed by atoms with van der Waals surface area (Å²) in [7, 11) is 1.76.